The first-order chi connectivity index (χ1) is 6.56. The molecule has 1 rings (SSSR count). The van der Waals surface area contributed by atoms with Crippen LogP contribution in [0.2, 0.25) is 5.02 Å². The summed E-state index contributed by atoms with van der Waals surface area (Å²) < 4.78 is 0. The minimum Gasteiger partial charge on any atom is -0.321 e. The van der Waals surface area contributed by atoms with Crippen molar-refractivity contribution in [1.82, 2.24) is 0 Å². The van der Waals surface area contributed by atoms with Crippen molar-refractivity contribution in [2.24, 2.45) is 5.73 Å². The first-order valence-electron chi connectivity index (χ1n) is 3.88. The lowest BCUT2D eigenvalue weighted by Crippen LogP contribution is -2.07. The Hall–Kier alpha value is -1.39. The van der Waals surface area contributed by atoms with Crippen LogP contribution in [0.25, 0.3) is 0 Å². The maximum atomic E-state index is 10.5. The molecule has 0 spiro atoms. The van der Waals surface area contributed by atoms with E-state index in [2.05, 4.69) is 6.58 Å². The van der Waals surface area contributed by atoms with E-state index in [1.807, 2.05) is 0 Å². The third-order valence-electron chi connectivity index (χ3n) is 1.80. The molecule has 0 bridgehead atoms. The molecule has 0 aliphatic heterocycles. The molecule has 0 saturated carbocycles. The fourth-order valence-corrected chi connectivity index (χ4v) is 1.27. The van der Waals surface area contributed by atoms with Gasteiger partial charge in [0, 0.05) is 23.2 Å². The van der Waals surface area contributed by atoms with Gasteiger partial charge in [0.2, 0.25) is 0 Å². The molecular formula is C9H9ClN2O2. The van der Waals surface area contributed by atoms with E-state index in [9.17, 15) is 10.1 Å². The van der Waals surface area contributed by atoms with E-state index < -0.39 is 11.0 Å². The number of hydrogen-bond acceptors (Lipinski definition) is 3. The standard InChI is InChI=1S/C9H9ClN2O2/c1-2-9(11)7-5-6(12(13)14)3-4-8(7)10/h2-5,9H,1,11H2/t9-/m1/s1. The number of nitro groups is 1. The van der Waals surface area contributed by atoms with Crippen LogP contribution < -0.4 is 5.73 Å². The summed E-state index contributed by atoms with van der Waals surface area (Å²) in [5.74, 6) is 0. The van der Waals surface area contributed by atoms with Gasteiger partial charge in [0.1, 0.15) is 0 Å². The summed E-state index contributed by atoms with van der Waals surface area (Å²) in [6.45, 7) is 3.50. The Bertz CT molecular complexity index is 379. The van der Waals surface area contributed by atoms with Gasteiger partial charge in [-0.2, -0.15) is 0 Å². The fraction of sp³-hybridized carbons (Fsp3) is 0.111. The van der Waals surface area contributed by atoms with Crippen LogP contribution in [0.1, 0.15) is 11.6 Å². The Morgan fingerprint density at radius 1 is 1.64 bits per heavy atom. The van der Waals surface area contributed by atoms with E-state index >= 15 is 0 Å². The van der Waals surface area contributed by atoms with E-state index in [-0.39, 0.29) is 5.69 Å². The molecule has 2 N–H and O–H groups in total. The molecule has 0 aliphatic carbocycles. The van der Waals surface area contributed by atoms with Crippen molar-refractivity contribution in [3.8, 4) is 0 Å². The molecular weight excluding hydrogens is 204 g/mol. The van der Waals surface area contributed by atoms with Crippen molar-refractivity contribution in [1.29, 1.82) is 0 Å². The highest BCUT2D eigenvalue weighted by molar-refractivity contribution is 6.31. The number of benzene rings is 1. The lowest BCUT2D eigenvalue weighted by atomic mass is 10.1. The van der Waals surface area contributed by atoms with Gasteiger partial charge >= 0.3 is 0 Å². The van der Waals surface area contributed by atoms with Crippen molar-refractivity contribution >= 4 is 17.3 Å². The average molecular weight is 213 g/mol. The van der Waals surface area contributed by atoms with Gasteiger partial charge in [-0.25, -0.2) is 0 Å². The second-order valence-corrected chi connectivity index (χ2v) is 3.13. The van der Waals surface area contributed by atoms with Gasteiger partial charge < -0.3 is 5.73 Å². The summed E-state index contributed by atoms with van der Waals surface area (Å²) in [6.07, 6.45) is 1.48. The second-order valence-electron chi connectivity index (χ2n) is 2.72. The average Bonchev–Trinajstić information content (AvgIpc) is 2.17. The van der Waals surface area contributed by atoms with Crippen molar-refractivity contribution in [2.45, 2.75) is 6.04 Å². The Labute approximate surface area is 86.1 Å². The summed E-state index contributed by atoms with van der Waals surface area (Å²) in [5, 5.41) is 10.9. The number of hydrogen-bond donors (Lipinski definition) is 1. The number of nitro benzene ring substituents is 1. The molecule has 1 atom stereocenters. The summed E-state index contributed by atoms with van der Waals surface area (Å²) in [4.78, 5) is 9.98. The molecule has 74 valence electrons. The van der Waals surface area contributed by atoms with Crippen molar-refractivity contribution in [2.75, 3.05) is 0 Å². The van der Waals surface area contributed by atoms with Crippen LogP contribution in [0, 0.1) is 10.1 Å². The van der Waals surface area contributed by atoms with Crippen molar-refractivity contribution < 1.29 is 4.92 Å². The highest BCUT2D eigenvalue weighted by Crippen LogP contribution is 2.26. The SMILES string of the molecule is C=C[C@@H](N)c1cc([N+](=O)[O-])ccc1Cl. The minimum absolute atomic E-state index is 0.0262. The Morgan fingerprint density at radius 2 is 2.29 bits per heavy atom. The highest BCUT2D eigenvalue weighted by Gasteiger charge is 2.12. The maximum Gasteiger partial charge on any atom is 0.269 e. The molecule has 4 nitrogen and oxygen atoms in total. The molecule has 0 aliphatic rings. The molecule has 0 saturated heterocycles. The predicted octanol–water partition coefficient (Wildman–Crippen LogP) is 2.43. The van der Waals surface area contributed by atoms with Crippen molar-refractivity contribution in [3.05, 3.63) is 51.6 Å². The van der Waals surface area contributed by atoms with Gasteiger partial charge in [0.25, 0.3) is 5.69 Å². The van der Waals surface area contributed by atoms with E-state index in [1.165, 1.54) is 24.3 Å². The fourth-order valence-electron chi connectivity index (χ4n) is 1.03. The number of halogens is 1. The van der Waals surface area contributed by atoms with Crippen LogP contribution >= 0.6 is 11.6 Å². The lowest BCUT2D eigenvalue weighted by molar-refractivity contribution is -0.384. The normalized spacial score (nSPS) is 12.1. The third kappa shape index (κ3) is 2.10. The zero-order chi connectivity index (χ0) is 10.7. The van der Waals surface area contributed by atoms with Gasteiger partial charge in [0.15, 0.2) is 0 Å². The van der Waals surface area contributed by atoms with Gasteiger partial charge in [-0.05, 0) is 11.6 Å². The first kappa shape index (κ1) is 10.7. The van der Waals surface area contributed by atoms with Crippen molar-refractivity contribution in [3.63, 3.8) is 0 Å². The molecule has 14 heavy (non-hydrogen) atoms. The molecule has 0 heterocycles. The quantitative estimate of drug-likeness (QED) is 0.475. The molecule has 1 aromatic rings. The van der Waals surface area contributed by atoms with E-state index in [4.69, 9.17) is 17.3 Å². The monoisotopic (exact) mass is 212 g/mol. The number of nitrogens with zero attached hydrogens (tertiary/aromatic N) is 1. The van der Waals surface area contributed by atoms with E-state index in [0.717, 1.165) is 0 Å². The molecule has 0 amide bonds. The lowest BCUT2D eigenvalue weighted by Gasteiger charge is -2.07. The third-order valence-corrected chi connectivity index (χ3v) is 2.15. The van der Waals surface area contributed by atoms with E-state index in [1.54, 1.807) is 0 Å². The smallest absolute Gasteiger partial charge is 0.269 e. The molecule has 0 aromatic heterocycles. The zero-order valence-corrected chi connectivity index (χ0v) is 8.07. The summed E-state index contributed by atoms with van der Waals surface area (Å²) in [6, 6.07) is 3.66. The predicted molar refractivity (Wildman–Crippen MR) is 55.2 cm³/mol. The van der Waals surface area contributed by atoms with Gasteiger partial charge in [-0.15, -0.1) is 6.58 Å². The Balaban J connectivity index is 3.20. The van der Waals surface area contributed by atoms with Crippen LogP contribution in [0.3, 0.4) is 0 Å². The molecule has 0 radical (unpaired) electrons. The largest absolute Gasteiger partial charge is 0.321 e. The molecule has 0 unspecified atom stereocenters. The van der Waals surface area contributed by atoms with Crippen LogP contribution in [-0.4, -0.2) is 4.92 Å². The second kappa shape index (κ2) is 4.21. The topological polar surface area (TPSA) is 69.2 Å². The Morgan fingerprint density at radius 3 is 2.79 bits per heavy atom. The Kier molecular flexibility index (Phi) is 3.22. The molecule has 5 heteroatoms. The van der Waals surface area contributed by atoms with Gasteiger partial charge in [-0.3, -0.25) is 10.1 Å². The van der Waals surface area contributed by atoms with Crippen LogP contribution in [0.15, 0.2) is 30.9 Å². The summed E-state index contributed by atoms with van der Waals surface area (Å²) >= 11 is 5.82. The molecule has 0 fully saturated rings. The number of non-ortho nitro benzene ring substituents is 1. The zero-order valence-electron chi connectivity index (χ0n) is 7.31. The van der Waals surface area contributed by atoms with Gasteiger partial charge in [-0.1, -0.05) is 17.7 Å². The number of rotatable bonds is 3. The van der Waals surface area contributed by atoms with Crippen LogP contribution in [0.4, 0.5) is 5.69 Å². The highest BCUT2D eigenvalue weighted by atomic mass is 35.5. The summed E-state index contributed by atoms with van der Waals surface area (Å²) in [5.41, 5.74) is 6.12. The maximum absolute atomic E-state index is 10.5. The van der Waals surface area contributed by atoms with Gasteiger partial charge in [0.05, 0.1) is 4.92 Å². The molecule has 1 aromatic carbocycles. The van der Waals surface area contributed by atoms with Crippen LogP contribution in [0.5, 0.6) is 0 Å². The minimum atomic E-state index is -0.490. The number of nitrogens with two attached hydrogens (primary N) is 1. The van der Waals surface area contributed by atoms with Crippen LogP contribution in [-0.2, 0) is 0 Å². The first-order valence-corrected chi connectivity index (χ1v) is 4.26. The van der Waals surface area contributed by atoms with E-state index in [0.29, 0.717) is 10.6 Å². The summed E-state index contributed by atoms with van der Waals surface area (Å²) in [7, 11) is 0.